The number of carbonyl (C=O) groups excluding carboxylic acids is 2. The molecule has 3 aromatic rings. The van der Waals surface area contributed by atoms with E-state index in [1.807, 2.05) is 45.0 Å². The number of aliphatic hydroxyl groups is 1. The molecule has 0 aliphatic carbocycles. The van der Waals surface area contributed by atoms with Crippen molar-refractivity contribution in [2.75, 3.05) is 18.1 Å². The highest BCUT2D eigenvalue weighted by atomic mass is 16.5. The summed E-state index contributed by atoms with van der Waals surface area (Å²) in [6.07, 6.45) is 0. The van der Waals surface area contributed by atoms with Gasteiger partial charge >= 0.3 is 0 Å². The van der Waals surface area contributed by atoms with Gasteiger partial charge in [-0.2, -0.15) is 0 Å². The summed E-state index contributed by atoms with van der Waals surface area (Å²) in [6, 6.07) is 20.7. The molecule has 1 amide bonds. The second-order valence-corrected chi connectivity index (χ2v) is 7.97. The molecule has 1 saturated heterocycles. The third kappa shape index (κ3) is 4.39. The summed E-state index contributed by atoms with van der Waals surface area (Å²) in [5.41, 5.74) is 2.66. The van der Waals surface area contributed by atoms with E-state index in [0.717, 1.165) is 11.1 Å². The fourth-order valence-electron chi connectivity index (χ4n) is 4.20. The Morgan fingerprint density at radius 3 is 2.21 bits per heavy atom. The predicted octanol–water partition coefficient (Wildman–Crippen LogP) is 5.42. The first-order valence-electron chi connectivity index (χ1n) is 11.3. The van der Waals surface area contributed by atoms with Crippen LogP contribution < -0.4 is 14.4 Å². The van der Waals surface area contributed by atoms with Gasteiger partial charge in [-0.3, -0.25) is 14.5 Å². The van der Waals surface area contributed by atoms with Crippen molar-refractivity contribution in [2.24, 2.45) is 0 Å². The van der Waals surface area contributed by atoms with Crippen LogP contribution in [0.1, 0.15) is 36.6 Å². The summed E-state index contributed by atoms with van der Waals surface area (Å²) < 4.78 is 11.2. The fraction of sp³-hybridized carbons (Fsp3) is 0.214. The molecule has 1 heterocycles. The Balaban J connectivity index is 1.91. The van der Waals surface area contributed by atoms with Crippen molar-refractivity contribution in [3.63, 3.8) is 0 Å². The minimum Gasteiger partial charge on any atom is -0.507 e. The zero-order valence-corrected chi connectivity index (χ0v) is 19.4. The van der Waals surface area contributed by atoms with Crippen molar-refractivity contribution in [2.45, 2.75) is 26.8 Å². The van der Waals surface area contributed by atoms with E-state index in [-0.39, 0.29) is 11.3 Å². The minimum absolute atomic E-state index is 0.0334. The normalized spacial score (nSPS) is 17.1. The average molecular weight is 458 g/mol. The van der Waals surface area contributed by atoms with E-state index in [9.17, 15) is 14.7 Å². The van der Waals surface area contributed by atoms with Crippen LogP contribution >= 0.6 is 0 Å². The lowest BCUT2D eigenvalue weighted by atomic mass is 9.94. The summed E-state index contributed by atoms with van der Waals surface area (Å²) in [7, 11) is 0. The number of carbonyl (C=O) groups is 2. The third-order valence-electron chi connectivity index (χ3n) is 5.63. The summed E-state index contributed by atoms with van der Waals surface area (Å²) in [5.74, 6) is -0.531. The highest BCUT2D eigenvalue weighted by molar-refractivity contribution is 6.51. The average Bonchev–Trinajstić information content (AvgIpc) is 3.10. The summed E-state index contributed by atoms with van der Waals surface area (Å²) >= 11 is 0. The largest absolute Gasteiger partial charge is 0.507 e. The van der Waals surface area contributed by atoms with E-state index in [4.69, 9.17) is 9.47 Å². The first-order chi connectivity index (χ1) is 16.4. The van der Waals surface area contributed by atoms with Crippen LogP contribution in [0, 0.1) is 6.92 Å². The summed E-state index contributed by atoms with van der Waals surface area (Å²) in [6.45, 7) is 6.62. The molecule has 0 bridgehead atoms. The number of benzene rings is 3. The Hall–Kier alpha value is -4.06. The van der Waals surface area contributed by atoms with Crippen LogP contribution in [0.5, 0.6) is 11.5 Å². The first kappa shape index (κ1) is 23.1. The van der Waals surface area contributed by atoms with Gasteiger partial charge in [0.15, 0.2) is 0 Å². The van der Waals surface area contributed by atoms with Gasteiger partial charge in [-0.25, -0.2) is 0 Å². The topological polar surface area (TPSA) is 76.1 Å². The maximum Gasteiger partial charge on any atom is 0.300 e. The van der Waals surface area contributed by atoms with Gasteiger partial charge < -0.3 is 14.6 Å². The molecule has 174 valence electrons. The molecule has 0 spiro atoms. The van der Waals surface area contributed by atoms with Gasteiger partial charge in [0.1, 0.15) is 17.3 Å². The second kappa shape index (κ2) is 9.83. The van der Waals surface area contributed by atoms with Crippen molar-refractivity contribution >= 4 is 23.1 Å². The van der Waals surface area contributed by atoms with Gasteiger partial charge in [0.25, 0.3) is 11.7 Å². The van der Waals surface area contributed by atoms with E-state index in [0.29, 0.717) is 36.0 Å². The SMILES string of the molecule is CCOc1cccc(/C(O)=C2\C(=O)C(=O)N(c3cccc(OCC)c3)C2c2cccc(C)c2)c1. The standard InChI is InChI=1S/C28H27NO5/c1-4-33-22-13-7-11-20(16-22)26(30)24-25(19-10-6-9-18(3)15-19)29(28(32)27(24)31)21-12-8-14-23(17-21)34-5-2/h6-17,25,30H,4-5H2,1-3H3/b26-24+. The van der Waals surface area contributed by atoms with Crippen molar-refractivity contribution in [1.82, 2.24) is 0 Å². The number of aryl methyl sites for hydroxylation is 1. The number of anilines is 1. The summed E-state index contributed by atoms with van der Waals surface area (Å²) in [5, 5.41) is 11.3. The number of ketones is 1. The molecule has 1 aliphatic rings. The van der Waals surface area contributed by atoms with Crippen LogP contribution in [-0.4, -0.2) is 30.0 Å². The molecule has 34 heavy (non-hydrogen) atoms. The Morgan fingerprint density at radius 2 is 1.53 bits per heavy atom. The molecular formula is C28H27NO5. The van der Waals surface area contributed by atoms with Gasteiger partial charge in [-0.05, 0) is 50.6 Å². The van der Waals surface area contributed by atoms with Crippen molar-refractivity contribution in [1.29, 1.82) is 0 Å². The lowest BCUT2D eigenvalue weighted by Gasteiger charge is -2.26. The molecule has 0 saturated carbocycles. The van der Waals surface area contributed by atoms with Crippen LogP contribution in [0.25, 0.3) is 5.76 Å². The second-order valence-electron chi connectivity index (χ2n) is 7.97. The van der Waals surface area contributed by atoms with Crippen LogP contribution in [0.3, 0.4) is 0 Å². The third-order valence-corrected chi connectivity index (χ3v) is 5.63. The van der Waals surface area contributed by atoms with Crippen LogP contribution in [0.4, 0.5) is 5.69 Å². The molecule has 6 heteroatoms. The molecule has 1 fully saturated rings. The number of rotatable bonds is 7. The maximum atomic E-state index is 13.3. The Labute approximate surface area is 199 Å². The molecule has 1 aliphatic heterocycles. The lowest BCUT2D eigenvalue weighted by Crippen LogP contribution is -2.29. The zero-order valence-electron chi connectivity index (χ0n) is 19.4. The van der Waals surface area contributed by atoms with Crippen molar-refractivity contribution < 1.29 is 24.2 Å². The number of hydrogen-bond acceptors (Lipinski definition) is 5. The van der Waals surface area contributed by atoms with Gasteiger partial charge in [0.2, 0.25) is 0 Å². The van der Waals surface area contributed by atoms with E-state index in [1.54, 1.807) is 48.5 Å². The molecule has 0 aromatic heterocycles. The van der Waals surface area contributed by atoms with Gasteiger partial charge in [0, 0.05) is 17.3 Å². The van der Waals surface area contributed by atoms with E-state index in [1.165, 1.54) is 4.90 Å². The van der Waals surface area contributed by atoms with Crippen LogP contribution in [0.2, 0.25) is 0 Å². The van der Waals surface area contributed by atoms with Gasteiger partial charge in [-0.1, -0.05) is 48.0 Å². The number of nitrogens with zero attached hydrogens (tertiary/aromatic N) is 1. The highest BCUT2D eigenvalue weighted by Crippen LogP contribution is 2.43. The molecule has 0 radical (unpaired) electrons. The smallest absolute Gasteiger partial charge is 0.300 e. The Kier molecular flexibility index (Phi) is 6.68. The van der Waals surface area contributed by atoms with E-state index < -0.39 is 17.7 Å². The minimum atomic E-state index is -0.799. The molecule has 4 rings (SSSR count). The maximum absolute atomic E-state index is 13.3. The van der Waals surface area contributed by atoms with Gasteiger partial charge in [-0.15, -0.1) is 0 Å². The number of Topliss-reactive ketones (excluding diaryl/α,β-unsaturated/α-hetero) is 1. The highest BCUT2D eigenvalue weighted by Gasteiger charge is 2.47. The molecular weight excluding hydrogens is 430 g/mol. The number of amides is 1. The fourth-order valence-corrected chi connectivity index (χ4v) is 4.20. The number of aliphatic hydroxyl groups excluding tert-OH is 1. The lowest BCUT2D eigenvalue weighted by molar-refractivity contribution is -0.132. The van der Waals surface area contributed by atoms with E-state index >= 15 is 0 Å². The molecule has 1 unspecified atom stereocenters. The monoisotopic (exact) mass is 457 g/mol. The molecule has 1 atom stereocenters. The quantitative estimate of drug-likeness (QED) is 0.291. The Bertz CT molecular complexity index is 1260. The van der Waals surface area contributed by atoms with Crippen LogP contribution in [0.15, 0.2) is 78.4 Å². The summed E-state index contributed by atoms with van der Waals surface area (Å²) in [4.78, 5) is 28.1. The molecule has 3 aromatic carbocycles. The predicted molar refractivity (Wildman–Crippen MR) is 131 cm³/mol. The van der Waals surface area contributed by atoms with E-state index in [2.05, 4.69) is 0 Å². The Morgan fingerprint density at radius 1 is 0.882 bits per heavy atom. The molecule has 6 nitrogen and oxygen atoms in total. The van der Waals surface area contributed by atoms with Crippen molar-refractivity contribution in [3.8, 4) is 11.5 Å². The number of ether oxygens (including phenoxy) is 2. The van der Waals surface area contributed by atoms with Crippen molar-refractivity contribution in [3.05, 3.63) is 95.1 Å². The van der Waals surface area contributed by atoms with Crippen LogP contribution in [-0.2, 0) is 9.59 Å². The molecule has 1 N–H and O–H groups in total. The van der Waals surface area contributed by atoms with Gasteiger partial charge in [0.05, 0.1) is 24.8 Å². The zero-order chi connectivity index (χ0) is 24.2. The number of hydrogen-bond donors (Lipinski definition) is 1. The first-order valence-corrected chi connectivity index (χ1v) is 11.3.